The van der Waals surface area contributed by atoms with E-state index in [0.29, 0.717) is 0 Å². The first-order chi connectivity index (χ1) is 6.31. The third-order valence-electron chi connectivity index (χ3n) is 3.71. The normalized spacial score (nSPS) is 38.3. The Morgan fingerprint density at radius 1 is 1.15 bits per heavy atom. The smallest absolute Gasteiger partial charge is 0.00125 e. The van der Waals surface area contributed by atoms with Gasteiger partial charge in [0.05, 0.1) is 0 Å². The fourth-order valence-electron chi connectivity index (χ4n) is 3.11. The molecule has 13 heavy (non-hydrogen) atoms. The number of nitrogens with zero attached hydrogens (tertiary/aromatic N) is 1. The SMILES string of the molecule is CC.CCC1CC[C@H]2CN(C)C[C@@H]12. The Labute approximate surface area is 83.5 Å². The van der Waals surface area contributed by atoms with Crippen molar-refractivity contribution in [1.29, 1.82) is 0 Å². The minimum Gasteiger partial charge on any atom is -0.306 e. The fourth-order valence-corrected chi connectivity index (χ4v) is 3.11. The van der Waals surface area contributed by atoms with Crippen LogP contribution in [0.25, 0.3) is 0 Å². The van der Waals surface area contributed by atoms with Crippen LogP contribution in [0.3, 0.4) is 0 Å². The maximum Gasteiger partial charge on any atom is 0.00125 e. The minimum atomic E-state index is 1.06. The van der Waals surface area contributed by atoms with E-state index >= 15 is 0 Å². The summed E-state index contributed by atoms with van der Waals surface area (Å²) in [5.41, 5.74) is 0. The highest BCUT2D eigenvalue weighted by Crippen LogP contribution is 2.42. The molecule has 2 rings (SSSR count). The molecule has 0 bridgehead atoms. The highest BCUT2D eigenvalue weighted by atomic mass is 15.1. The van der Waals surface area contributed by atoms with Crippen molar-refractivity contribution in [2.75, 3.05) is 20.1 Å². The van der Waals surface area contributed by atoms with Crippen LogP contribution in [0.4, 0.5) is 0 Å². The second kappa shape index (κ2) is 4.99. The molecule has 2 fully saturated rings. The summed E-state index contributed by atoms with van der Waals surface area (Å²) in [7, 11) is 2.27. The van der Waals surface area contributed by atoms with Crippen molar-refractivity contribution in [3.63, 3.8) is 0 Å². The quantitative estimate of drug-likeness (QED) is 0.604. The second-order valence-corrected chi connectivity index (χ2v) is 4.39. The molecule has 1 saturated carbocycles. The topological polar surface area (TPSA) is 3.24 Å². The first-order valence-corrected chi connectivity index (χ1v) is 5.99. The lowest BCUT2D eigenvalue weighted by molar-refractivity contribution is 0.326. The molecule has 1 aliphatic carbocycles. The maximum absolute atomic E-state index is 2.51. The minimum absolute atomic E-state index is 1.06. The summed E-state index contributed by atoms with van der Waals surface area (Å²) in [5.74, 6) is 3.18. The van der Waals surface area contributed by atoms with Crippen molar-refractivity contribution < 1.29 is 0 Å². The molecule has 0 spiro atoms. The van der Waals surface area contributed by atoms with E-state index in [9.17, 15) is 0 Å². The van der Waals surface area contributed by atoms with Crippen LogP contribution < -0.4 is 0 Å². The molecule has 0 aromatic carbocycles. The Bertz CT molecular complexity index is 142. The van der Waals surface area contributed by atoms with Crippen molar-refractivity contribution in [3.8, 4) is 0 Å². The molecule has 1 nitrogen and oxygen atoms in total. The summed E-state index contributed by atoms with van der Waals surface area (Å²) in [6.07, 6.45) is 4.43. The Morgan fingerprint density at radius 3 is 2.46 bits per heavy atom. The van der Waals surface area contributed by atoms with Crippen LogP contribution >= 0.6 is 0 Å². The largest absolute Gasteiger partial charge is 0.306 e. The molecule has 1 unspecified atom stereocenters. The molecule has 0 radical (unpaired) electrons. The molecule has 0 amide bonds. The summed E-state index contributed by atoms with van der Waals surface area (Å²) in [6, 6.07) is 0. The Morgan fingerprint density at radius 2 is 1.85 bits per heavy atom. The third-order valence-corrected chi connectivity index (χ3v) is 3.71. The van der Waals surface area contributed by atoms with Crippen LogP contribution in [-0.4, -0.2) is 25.0 Å². The monoisotopic (exact) mass is 183 g/mol. The van der Waals surface area contributed by atoms with Crippen molar-refractivity contribution >= 4 is 0 Å². The lowest BCUT2D eigenvalue weighted by atomic mass is 9.91. The van der Waals surface area contributed by atoms with Gasteiger partial charge < -0.3 is 4.90 Å². The summed E-state index contributed by atoms with van der Waals surface area (Å²) in [5, 5.41) is 0. The van der Waals surface area contributed by atoms with Gasteiger partial charge in [-0.15, -0.1) is 0 Å². The van der Waals surface area contributed by atoms with Gasteiger partial charge >= 0.3 is 0 Å². The van der Waals surface area contributed by atoms with Crippen LogP contribution in [0.5, 0.6) is 0 Å². The van der Waals surface area contributed by atoms with Crippen LogP contribution in [0.15, 0.2) is 0 Å². The Hall–Kier alpha value is -0.0400. The highest BCUT2D eigenvalue weighted by molar-refractivity contribution is 4.91. The molecule has 3 atom stereocenters. The molecule has 1 heteroatoms. The van der Waals surface area contributed by atoms with Gasteiger partial charge in [0, 0.05) is 13.1 Å². The molecule has 0 aromatic rings. The van der Waals surface area contributed by atoms with Gasteiger partial charge in [0.2, 0.25) is 0 Å². The standard InChI is InChI=1S/C10H19N.C2H6/c1-3-8-4-5-9-6-11(2)7-10(8)9;1-2/h8-10H,3-7H2,1-2H3;1-2H3/t8?,9-,10-;/m0./s1. The highest BCUT2D eigenvalue weighted by Gasteiger charge is 2.40. The average Bonchev–Trinajstić information content (AvgIpc) is 2.66. The van der Waals surface area contributed by atoms with Gasteiger partial charge in [-0.1, -0.05) is 27.2 Å². The maximum atomic E-state index is 2.51. The van der Waals surface area contributed by atoms with Crippen LogP contribution in [-0.2, 0) is 0 Å². The lowest BCUT2D eigenvalue weighted by Crippen LogP contribution is -2.17. The number of hydrogen-bond donors (Lipinski definition) is 0. The summed E-state index contributed by atoms with van der Waals surface area (Å²) in [6.45, 7) is 9.11. The molecule has 1 saturated heterocycles. The number of fused-ring (bicyclic) bond motifs is 1. The molecule has 2 aliphatic rings. The fraction of sp³-hybridized carbons (Fsp3) is 1.00. The van der Waals surface area contributed by atoms with Crippen LogP contribution in [0, 0.1) is 17.8 Å². The van der Waals surface area contributed by atoms with Crippen molar-refractivity contribution in [1.82, 2.24) is 4.90 Å². The van der Waals surface area contributed by atoms with Gasteiger partial charge in [-0.05, 0) is 37.6 Å². The van der Waals surface area contributed by atoms with Crippen LogP contribution in [0.1, 0.15) is 40.0 Å². The zero-order valence-corrected chi connectivity index (χ0v) is 9.71. The van der Waals surface area contributed by atoms with E-state index in [4.69, 9.17) is 0 Å². The summed E-state index contributed by atoms with van der Waals surface area (Å²) in [4.78, 5) is 2.51. The van der Waals surface area contributed by atoms with E-state index in [-0.39, 0.29) is 0 Å². The zero-order valence-electron chi connectivity index (χ0n) is 9.71. The molecule has 1 heterocycles. The van der Waals surface area contributed by atoms with Gasteiger partial charge in [0.25, 0.3) is 0 Å². The van der Waals surface area contributed by atoms with E-state index in [0.717, 1.165) is 17.8 Å². The van der Waals surface area contributed by atoms with E-state index < -0.39 is 0 Å². The van der Waals surface area contributed by atoms with Gasteiger partial charge in [0.1, 0.15) is 0 Å². The van der Waals surface area contributed by atoms with E-state index in [1.54, 1.807) is 0 Å². The van der Waals surface area contributed by atoms with E-state index in [1.165, 1.54) is 32.4 Å². The predicted octanol–water partition coefficient (Wildman–Crippen LogP) is 3.01. The van der Waals surface area contributed by atoms with E-state index in [1.807, 2.05) is 13.8 Å². The van der Waals surface area contributed by atoms with Crippen molar-refractivity contribution in [3.05, 3.63) is 0 Å². The average molecular weight is 183 g/mol. The molecule has 0 aromatic heterocycles. The molecular weight excluding hydrogens is 158 g/mol. The molecule has 0 N–H and O–H groups in total. The lowest BCUT2D eigenvalue weighted by Gasteiger charge is -2.16. The van der Waals surface area contributed by atoms with Gasteiger partial charge in [0.15, 0.2) is 0 Å². The first kappa shape index (κ1) is 11.0. The van der Waals surface area contributed by atoms with Crippen LogP contribution in [0.2, 0.25) is 0 Å². The van der Waals surface area contributed by atoms with Gasteiger partial charge in [-0.25, -0.2) is 0 Å². The second-order valence-electron chi connectivity index (χ2n) is 4.39. The number of likely N-dealkylation sites (tertiary alicyclic amines) is 1. The number of rotatable bonds is 1. The summed E-state index contributed by atoms with van der Waals surface area (Å²) < 4.78 is 0. The molecular formula is C12H25N. The van der Waals surface area contributed by atoms with Gasteiger partial charge in [-0.3, -0.25) is 0 Å². The van der Waals surface area contributed by atoms with Crippen molar-refractivity contribution in [2.24, 2.45) is 17.8 Å². The Balaban J connectivity index is 0.000000396. The third kappa shape index (κ3) is 2.25. The Kier molecular flexibility index (Phi) is 4.24. The van der Waals surface area contributed by atoms with Crippen molar-refractivity contribution in [2.45, 2.75) is 40.0 Å². The number of hydrogen-bond acceptors (Lipinski definition) is 1. The molecule has 1 aliphatic heterocycles. The predicted molar refractivity (Wildman–Crippen MR) is 58.8 cm³/mol. The van der Waals surface area contributed by atoms with E-state index in [2.05, 4.69) is 18.9 Å². The summed E-state index contributed by atoms with van der Waals surface area (Å²) >= 11 is 0. The zero-order chi connectivity index (χ0) is 9.84. The van der Waals surface area contributed by atoms with Gasteiger partial charge in [-0.2, -0.15) is 0 Å². The first-order valence-electron chi connectivity index (χ1n) is 5.99. The molecule has 78 valence electrons.